The minimum Gasteiger partial charge on any atom is -0.491 e. The fourth-order valence-corrected chi connectivity index (χ4v) is 3.10. The summed E-state index contributed by atoms with van der Waals surface area (Å²) in [6.45, 7) is 6.56. The number of nitrogens with two attached hydrogens (primary N) is 2. The lowest BCUT2D eigenvalue weighted by Crippen LogP contribution is -2.22. The van der Waals surface area contributed by atoms with Gasteiger partial charge in [-0.3, -0.25) is 0 Å². The number of fused-ring (bicyclic) bond motifs is 1. The predicted octanol–water partition coefficient (Wildman–Crippen LogP) is 3.84. The Morgan fingerprint density at radius 1 is 0.935 bits per heavy atom. The second kappa shape index (κ2) is 13.2. The molecule has 6 nitrogen and oxygen atoms in total. The minimum atomic E-state index is -0.387. The molecule has 0 aromatic heterocycles. The molecule has 0 aliphatic heterocycles. The molecular formula is C25H34N4O2. The van der Waals surface area contributed by atoms with Gasteiger partial charge in [0.1, 0.15) is 24.3 Å². The van der Waals surface area contributed by atoms with E-state index >= 15 is 0 Å². The van der Waals surface area contributed by atoms with E-state index in [9.17, 15) is 0 Å². The van der Waals surface area contributed by atoms with Gasteiger partial charge in [-0.15, -0.1) is 0 Å². The van der Waals surface area contributed by atoms with Gasteiger partial charge in [-0.1, -0.05) is 61.6 Å². The maximum Gasteiger partial charge on any atom is 0.120 e. The van der Waals surface area contributed by atoms with Crippen LogP contribution in [0.25, 0.3) is 12.2 Å². The molecule has 0 saturated heterocycles. The monoisotopic (exact) mass is 422 g/mol. The van der Waals surface area contributed by atoms with Crippen molar-refractivity contribution in [3.8, 4) is 11.5 Å². The maximum atomic E-state index is 5.95. The Morgan fingerprint density at radius 2 is 1.61 bits per heavy atom. The molecule has 1 aliphatic carbocycles. The average molecular weight is 423 g/mol. The van der Waals surface area contributed by atoms with Gasteiger partial charge in [0.2, 0.25) is 0 Å². The van der Waals surface area contributed by atoms with Gasteiger partial charge in [0.05, 0.1) is 6.10 Å². The van der Waals surface area contributed by atoms with Crippen LogP contribution >= 0.6 is 0 Å². The highest BCUT2D eigenvalue weighted by atomic mass is 16.5. The van der Waals surface area contributed by atoms with E-state index in [1.807, 2.05) is 45.0 Å². The number of hydrogen-bond donors (Lipinski definition) is 2. The smallest absolute Gasteiger partial charge is 0.120 e. The summed E-state index contributed by atoms with van der Waals surface area (Å²) in [5.74, 6) is 6.62. The SMILES string of the molecule is CC.CC(CCC(N)/N=N\N)Oc1ccc(OCC2=CC=c3ccccc3=CC2)cc1. The second-order valence-corrected chi connectivity index (χ2v) is 7.09. The maximum absolute atomic E-state index is 5.95. The van der Waals surface area contributed by atoms with E-state index in [-0.39, 0.29) is 12.3 Å². The summed E-state index contributed by atoms with van der Waals surface area (Å²) >= 11 is 0. The van der Waals surface area contributed by atoms with Crippen LogP contribution in [0.2, 0.25) is 0 Å². The third-order valence-corrected chi connectivity index (χ3v) is 4.75. The van der Waals surface area contributed by atoms with Crippen molar-refractivity contribution in [3.05, 3.63) is 70.6 Å². The first-order chi connectivity index (χ1) is 15.1. The Kier molecular flexibility index (Phi) is 10.3. The summed E-state index contributed by atoms with van der Waals surface area (Å²) in [7, 11) is 0. The first-order valence-corrected chi connectivity index (χ1v) is 10.8. The van der Waals surface area contributed by atoms with Gasteiger partial charge in [-0.25, -0.2) is 0 Å². The highest BCUT2D eigenvalue weighted by Gasteiger charge is 2.08. The van der Waals surface area contributed by atoms with Crippen molar-refractivity contribution < 1.29 is 9.47 Å². The molecule has 166 valence electrons. The van der Waals surface area contributed by atoms with Crippen LogP contribution in [0.3, 0.4) is 0 Å². The average Bonchev–Trinajstić information content (AvgIpc) is 3.01. The topological polar surface area (TPSA) is 95.2 Å². The first-order valence-electron chi connectivity index (χ1n) is 10.8. The van der Waals surface area contributed by atoms with Gasteiger partial charge in [0, 0.05) is 0 Å². The Balaban J connectivity index is 0.00000166. The highest BCUT2D eigenvalue weighted by Crippen LogP contribution is 2.20. The van der Waals surface area contributed by atoms with Crippen LogP contribution in [0, 0.1) is 0 Å². The number of nitrogens with zero attached hydrogens (tertiary/aromatic N) is 2. The summed E-state index contributed by atoms with van der Waals surface area (Å²) < 4.78 is 11.9. The lowest BCUT2D eigenvalue weighted by atomic mass is 10.2. The number of ether oxygens (including phenoxy) is 2. The molecule has 0 fully saturated rings. The normalized spacial score (nSPS) is 14.5. The van der Waals surface area contributed by atoms with Gasteiger partial charge in [0.25, 0.3) is 0 Å². The number of rotatable bonds is 9. The zero-order valence-electron chi connectivity index (χ0n) is 18.7. The third-order valence-electron chi connectivity index (χ3n) is 4.75. The van der Waals surface area contributed by atoms with Crippen LogP contribution in [-0.2, 0) is 0 Å². The van der Waals surface area contributed by atoms with Crippen LogP contribution < -0.4 is 31.5 Å². The van der Waals surface area contributed by atoms with Crippen molar-refractivity contribution in [1.29, 1.82) is 0 Å². The van der Waals surface area contributed by atoms with Gasteiger partial charge < -0.3 is 21.1 Å². The van der Waals surface area contributed by atoms with Crippen LogP contribution in [0.15, 0.2) is 70.5 Å². The van der Waals surface area contributed by atoms with E-state index in [0.717, 1.165) is 24.3 Å². The molecule has 0 saturated carbocycles. The van der Waals surface area contributed by atoms with Crippen LogP contribution in [0.4, 0.5) is 0 Å². The summed E-state index contributed by atoms with van der Waals surface area (Å²) in [6.07, 6.45) is 8.49. The van der Waals surface area contributed by atoms with Gasteiger partial charge in [0.15, 0.2) is 0 Å². The lowest BCUT2D eigenvalue weighted by Gasteiger charge is -2.16. The zero-order valence-corrected chi connectivity index (χ0v) is 18.7. The molecule has 0 spiro atoms. The summed E-state index contributed by atoms with van der Waals surface area (Å²) in [5, 5.41) is 9.41. The van der Waals surface area contributed by atoms with E-state index in [1.54, 1.807) is 0 Å². The standard InChI is InChI=1S/C23H28N4O2.C2H6/c1-17(6-15-23(24)26-27-25)29-22-13-11-21(12-14-22)28-16-18-7-9-19-4-2-3-5-20(19)10-8-18;1-2/h2-5,7,9-14,17,23H,6,8,15-16,24H2,1H3,(H2,25,26);1-2H3. The Morgan fingerprint density at radius 3 is 2.32 bits per heavy atom. The summed E-state index contributed by atoms with van der Waals surface area (Å²) in [4.78, 5) is 0. The van der Waals surface area contributed by atoms with Crippen molar-refractivity contribution in [2.45, 2.75) is 52.3 Å². The van der Waals surface area contributed by atoms with Crippen molar-refractivity contribution in [3.63, 3.8) is 0 Å². The molecule has 2 aromatic rings. The minimum absolute atomic E-state index is 0.0182. The lowest BCUT2D eigenvalue weighted by molar-refractivity contribution is 0.204. The first kappa shape index (κ1) is 24.2. The molecule has 2 atom stereocenters. The molecule has 2 unspecified atom stereocenters. The molecule has 2 aromatic carbocycles. The van der Waals surface area contributed by atoms with E-state index in [4.69, 9.17) is 21.1 Å². The molecular weight excluding hydrogens is 388 g/mol. The number of benzene rings is 2. The number of hydrogen-bond acceptors (Lipinski definition) is 5. The van der Waals surface area contributed by atoms with E-state index < -0.39 is 0 Å². The van der Waals surface area contributed by atoms with Crippen LogP contribution in [0.5, 0.6) is 11.5 Å². The molecule has 4 N–H and O–H groups in total. The molecule has 6 heteroatoms. The Labute approximate surface area is 184 Å². The fourth-order valence-electron chi connectivity index (χ4n) is 3.10. The van der Waals surface area contributed by atoms with Crippen LogP contribution in [0.1, 0.15) is 40.0 Å². The predicted molar refractivity (Wildman–Crippen MR) is 127 cm³/mol. The van der Waals surface area contributed by atoms with Gasteiger partial charge >= 0.3 is 0 Å². The molecule has 0 radical (unpaired) electrons. The van der Waals surface area contributed by atoms with E-state index in [2.05, 4.69) is 52.8 Å². The molecule has 0 heterocycles. The summed E-state index contributed by atoms with van der Waals surface area (Å²) in [6, 6.07) is 16.1. The molecule has 31 heavy (non-hydrogen) atoms. The van der Waals surface area contributed by atoms with Gasteiger partial charge in [-0.05, 0) is 66.5 Å². The highest BCUT2D eigenvalue weighted by molar-refractivity contribution is 5.47. The molecule has 1 aliphatic rings. The quantitative estimate of drug-likeness (QED) is 0.365. The van der Waals surface area contributed by atoms with Crippen LogP contribution in [-0.4, -0.2) is 18.9 Å². The molecule has 3 rings (SSSR count). The van der Waals surface area contributed by atoms with E-state index in [0.29, 0.717) is 13.0 Å². The van der Waals surface area contributed by atoms with Crippen molar-refractivity contribution in [2.75, 3.05) is 6.61 Å². The Bertz CT molecular complexity index is 968. The third kappa shape index (κ3) is 8.26. The molecule has 0 amide bonds. The molecule has 0 bridgehead atoms. The van der Waals surface area contributed by atoms with E-state index in [1.165, 1.54) is 16.0 Å². The zero-order chi connectivity index (χ0) is 22.5. The second-order valence-electron chi connectivity index (χ2n) is 7.09. The van der Waals surface area contributed by atoms with Crippen molar-refractivity contribution in [1.82, 2.24) is 0 Å². The van der Waals surface area contributed by atoms with Crippen molar-refractivity contribution in [2.24, 2.45) is 21.9 Å². The van der Waals surface area contributed by atoms with Gasteiger partial charge in [-0.2, -0.15) is 5.11 Å². The van der Waals surface area contributed by atoms with Crippen molar-refractivity contribution >= 4 is 12.2 Å². The number of allylic oxidation sites excluding steroid dienone is 1. The Hall–Kier alpha value is -3.12. The fraction of sp³-hybridized carbons (Fsp3) is 0.360. The summed E-state index contributed by atoms with van der Waals surface area (Å²) in [5.41, 5.74) is 6.99. The largest absolute Gasteiger partial charge is 0.491 e.